The lowest BCUT2D eigenvalue weighted by Crippen LogP contribution is -2.07. The van der Waals surface area contributed by atoms with Gasteiger partial charge in [-0.15, -0.1) is 0 Å². The number of rotatable bonds is 6. The fourth-order valence-corrected chi connectivity index (χ4v) is 1.71. The van der Waals surface area contributed by atoms with Gasteiger partial charge in [0.05, 0.1) is 13.7 Å². The highest BCUT2D eigenvalue weighted by Crippen LogP contribution is 2.29. The summed E-state index contributed by atoms with van der Waals surface area (Å²) in [5, 5.41) is 9.03. The van der Waals surface area contributed by atoms with Crippen LogP contribution in [-0.2, 0) is 13.2 Å². The molecule has 1 N–H and O–H groups in total. The summed E-state index contributed by atoms with van der Waals surface area (Å²) in [5.74, 6) is 0.938. The van der Waals surface area contributed by atoms with Crippen molar-refractivity contribution in [1.82, 2.24) is 9.55 Å². The first kappa shape index (κ1) is 14.3. The molecule has 0 amide bonds. The molecular weight excluding hydrogens is 270 g/mol. The van der Waals surface area contributed by atoms with Gasteiger partial charge in [-0.2, -0.15) is 8.78 Å². The quantitative estimate of drug-likeness (QED) is 0.884. The second kappa shape index (κ2) is 6.33. The maximum Gasteiger partial charge on any atom is 0.320 e. The molecular formula is C13H14F2N2O3. The first-order valence-corrected chi connectivity index (χ1v) is 5.86. The van der Waals surface area contributed by atoms with E-state index in [2.05, 4.69) is 4.98 Å². The Morgan fingerprint density at radius 3 is 2.80 bits per heavy atom. The van der Waals surface area contributed by atoms with E-state index in [0.29, 0.717) is 17.1 Å². The Bertz CT molecular complexity index is 572. The number of aromatic nitrogens is 2. The van der Waals surface area contributed by atoms with Crippen molar-refractivity contribution in [2.45, 2.75) is 19.8 Å². The summed E-state index contributed by atoms with van der Waals surface area (Å²) in [6.07, 6.45) is 2.48. The molecule has 2 aromatic rings. The smallest absolute Gasteiger partial charge is 0.320 e. The zero-order valence-electron chi connectivity index (χ0n) is 10.8. The minimum Gasteiger partial charge on any atom is -0.493 e. The van der Waals surface area contributed by atoms with Crippen LogP contribution in [-0.4, -0.2) is 21.8 Å². The number of hydrogen-bond acceptors (Lipinski definition) is 4. The Kier molecular flexibility index (Phi) is 4.52. The Hall–Kier alpha value is -2.15. The molecule has 2 rings (SSSR count). The average molecular weight is 284 g/mol. The van der Waals surface area contributed by atoms with Crippen LogP contribution in [0, 0.1) is 0 Å². The van der Waals surface area contributed by atoms with Gasteiger partial charge in [-0.1, -0.05) is 6.07 Å². The number of aliphatic hydroxyl groups excluding tert-OH is 1. The average Bonchev–Trinajstić information content (AvgIpc) is 2.93. The van der Waals surface area contributed by atoms with Gasteiger partial charge in [-0.3, -0.25) is 4.57 Å². The van der Waals surface area contributed by atoms with E-state index in [4.69, 9.17) is 14.6 Å². The molecule has 108 valence electrons. The molecule has 0 aliphatic rings. The van der Waals surface area contributed by atoms with Crippen LogP contribution in [0.5, 0.6) is 11.5 Å². The summed E-state index contributed by atoms with van der Waals surface area (Å²) in [6.45, 7) is -2.88. The van der Waals surface area contributed by atoms with E-state index in [1.54, 1.807) is 18.2 Å². The molecule has 1 heterocycles. The van der Waals surface area contributed by atoms with E-state index in [0.717, 1.165) is 4.57 Å². The third-order valence-electron chi connectivity index (χ3n) is 2.73. The van der Waals surface area contributed by atoms with Crippen LogP contribution < -0.4 is 9.47 Å². The maximum absolute atomic E-state index is 12.6. The SMILES string of the molecule is COc1cc(CO)ccc1OCc1nccn1C(F)F. The van der Waals surface area contributed by atoms with Gasteiger partial charge in [-0.25, -0.2) is 4.98 Å². The minimum atomic E-state index is -2.66. The number of hydrogen-bond donors (Lipinski definition) is 1. The van der Waals surface area contributed by atoms with Crippen molar-refractivity contribution in [3.8, 4) is 11.5 Å². The van der Waals surface area contributed by atoms with Crippen LogP contribution in [0.25, 0.3) is 0 Å². The summed E-state index contributed by atoms with van der Waals surface area (Å²) in [5.41, 5.74) is 0.670. The monoisotopic (exact) mass is 284 g/mol. The van der Waals surface area contributed by atoms with Crippen LogP contribution in [0.3, 0.4) is 0 Å². The lowest BCUT2D eigenvalue weighted by molar-refractivity contribution is 0.0631. The second-order valence-corrected chi connectivity index (χ2v) is 3.96. The first-order chi connectivity index (χ1) is 9.65. The van der Waals surface area contributed by atoms with Crippen LogP contribution in [0.1, 0.15) is 17.9 Å². The predicted molar refractivity (Wildman–Crippen MR) is 66.7 cm³/mol. The Labute approximate surface area is 114 Å². The van der Waals surface area contributed by atoms with Crippen molar-refractivity contribution < 1.29 is 23.4 Å². The molecule has 7 heteroatoms. The van der Waals surface area contributed by atoms with E-state index in [1.807, 2.05) is 0 Å². The zero-order valence-corrected chi connectivity index (χ0v) is 10.8. The number of aliphatic hydroxyl groups is 1. The van der Waals surface area contributed by atoms with Gasteiger partial charge in [0.1, 0.15) is 6.61 Å². The molecule has 0 saturated carbocycles. The van der Waals surface area contributed by atoms with Gasteiger partial charge < -0.3 is 14.6 Å². The third kappa shape index (κ3) is 3.05. The van der Waals surface area contributed by atoms with Crippen molar-refractivity contribution in [3.63, 3.8) is 0 Å². The third-order valence-corrected chi connectivity index (χ3v) is 2.73. The number of ether oxygens (including phenoxy) is 2. The van der Waals surface area contributed by atoms with Gasteiger partial charge >= 0.3 is 6.55 Å². The lowest BCUT2D eigenvalue weighted by Gasteiger charge is -2.12. The molecule has 0 radical (unpaired) electrons. The van der Waals surface area contributed by atoms with Crippen molar-refractivity contribution in [2.75, 3.05) is 7.11 Å². The Morgan fingerprint density at radius 1 is 1.35 bits per heavy atom. The van der Waals surface area contributed by atoms with Crippen LogP contribution >= 0.6 is 0 Å². The highest BCUT2D eigenvalue weighted by molar-refractivity contribution is 5.42. The molecule has 0 spiro atoms. The van der Waals surface area contributed by atoms with E-state index >= 15 is 0 Å². The predicted octanol–water partition coefficient (Wildman–Crippen LogP) is 2.36. The summed E-state index contributed by atoms with van der Waals surface area (Å²) < 4.78 is 36.6. The van der Waals surface area contributed by atoms with E-state index < -0.39 is 6.55 Å². The van der Waals surface area contributed by atoms with E-state index in [1.165, 1.54) is 19.5 Å². The molecule has 0 atom stereocenters. The molecule has 0 unspecified atom stereocenters. The second-order valence-electron chi connectivity index (χ2n) is 3.96. The molecule has 0 aliphatic carbocycles. The van der Waals surface area contributed by atoms with Crippen molar-refractivity contribution in [2.24, 2.45) is 0 Å². The number of imidazole rings is 1. The molecule has 0 saturated heterocycles. The molecule has 0 bridgehead atoms. The van der Waals surface area contributed by atoms with Gasteiger partial charge in [0.25, 0.3) is 0 Å². The minimum absolute atomic E-state index is 0.105. The van der Waals surface area contributed by atoms with Gasteiger partial charge in [-0.05, 0) is 17.7 Å². The maximum atomic E-state index is 12.6. The summed E-state index contributed by atoms with van der Waals surface area (Å²) in [7, 11) is 1.46. The van der Waals surface area contributed by atoms with E-state index in [-0.39, 0.29) is 19.0 Å². The topological polar surface area (TPSA) is 56.5 Å². The largest absolute Gasteiger partial charge is 0.493 e. The van der Waals surface area contributed by atoms with Crippen molar-refractivity contribution >= 4 is 0 Å². The Balaban J connectivity index is 2.12. The normalized spacial score (nSPS) is 10.8. The standard InChI is InChI=1S/C13H14F2N2O3/c1-19-11-6-9(7-18)2-3-10(11)20-8-12-16-4-5-17(12)13(14)15/h2-6,13,18H,7-8H2,1H3. The Morgan fingerprint density at radius 2 is 2.15 bits per heavy atom. The fraction of sp³-hybridized carbons (Fsp3) is 0.308. The lowest BCUT2D eigenvalue weighted by atomic mass is 10.2. The molecule has 0 aliphatic heterocycles. The van der Waals surface area contributed by atoms with Gasteiger partial charge in [0.15, 0.2) is 17.3 Å². The van der Waals surface area contributed by atoms with Gasteiger partial charge in [0.2, 0.25) is 0 Å². The highest BCUT2D eigenvalue weighted by atomic mass is 19.3. The number of benzene rings is 1. The number of nitrogens with zero attached hydrogens (tertiary/aromatic N) is 2. The fourth-order valence-electron chi connectivity index (χ4n) is 1.71. The summed E-state index contributed by atoms with van der Waals surface area (Å²) >= 11 is 0. The molecule has 0 fully saturated rings. The number of alkyl halides is 2. The van der Waals surface area contributed by atoms with E-state index in [9.17, 15) is 8.78 Å². The van der Waals surface area contributed by atoms with Crippen LogP contribution in [0.2, 0.25) is 0 Å². The molecule has 1 aromatic heterocycles. The van der Waals surface area contributed by atoms with Crippen molar-refractivity contribution in [3.05, 3.63) is 42.0 Å². The summed E-state index contributed by atoms with van der Waals surface area (Å²) in [4.78, 5) is 3.82. The van der Waals surface area contributed by atoms with Crippen molar-refractivity contribution in [1.29, 1.82) is 0 Å². The first-order valence-electron chi connectivity index (χ1n) is 5.86. The number of methoxy groups -OCH3 is 1. The molecule has 20 heavy (non-hydrogen) atoms. The number of halogens is 2. The molecule has 1 aromatic carbocycles. The molecule has 5 nitrogen and oxygen atoms in total. The van der Waals surface area contributed by atoms with Gasteiger partial charge in [0, 0.05) is 12.4 Å². The van der Waals surface area contributed by atoms with Crippen LogP contribution in [0.15, 0.2) is 30.6 Å². The summed E-state index contributed by atoms with van der Waals surface area (Å²) in [6, 6.07) is 4.90. The van der Waals surface area contributed by atoms with Crippen LogP contribution in [0.4, 0.5) is 8.78 Å². The highest BCUT2D eigenvalue weighted by Gasteiger charge is 2.13. The zero-order chi connectivity index (χ0) is 14.5.